The number of anilines is 1. The van der Waals surface area contributed by atoms with Crippen molar-refractivity contribution in [3.8, 4) is 0 Å². The zero-order valence-corrected chi connectivity index (χ0v) is 16.4. The Morgan fingerprint density at radius 1 is 1.22 bits per heavy atom. The standard InChI is InChI=1S/C21H30N2O4/c1-22-18-8-4-16(5-9-18)20(24)21(25)17-6-10-19(11-7-17)23(12-14-26-2)13-15-27-3/h4-8,10-11,18,21-22,25H,9,12-15H2,1-3H3. The van der Waals surface area contributed by atoms with E-state index in [1.165, 1.54) is 0 Å². The third-order valence-corrected chi connectivity index (χ3v) is 4.71. The number of methoxy groups -OCH3 is 2. The van der Waals surface area contributed by atoms with E-state index in [9.17, 15) is 9.90 Å². The highest BCUT2D eigenvalue weighted by Gasteiger charge is 2.22. The van der Waals surface area contributed by atoms with Gasteiger partial charge in [-0.2, -0.15) is 0 Å². The summed E-state index contributed by atoms with van der Waals surface area (Å²) in [4.78, 5) is 14.7. The van der Waals surface area contributed by atoms with Gasteiger partial charge in [0, 0.05) is 44.6 Å². The molecule has 0 aromatic heterocycles. The zero-order chi connectivity index (χ0) is 19.6. The SMILES string of the molecule is CNC1C=CC(C(=O)C(O)c2ccc(N(CCOC)CCOC)cc2)=CC1. The van der Waals surface area contributed by atoms with Gasteiger partial charge in [-0.1, -0.05) is 30.4 Å². The van der Waals surface area contributed by atoms with Crippen LogP contribution in [0, 0.1) is 0 Å². The summed E-state index contributed by atoms with van der Waals surface area (Å²) in [6.07, 6.45) is 5.19. The Balaban J connectivity index is 2.05. The molecule has 0 heterocycles. The van der Waals surface area contributed by atoms with Crippen LogP contribution in [0.3, 0.4) is 0 Å². The van der Waals surface area contributed by atoms with Crippen molar-refractivity contribution in [1.29, 1.82) is 0 Å². The average Bonchev–Trinajstić information content (AvgIpc) is 2.73. The summed E-state index contributed by atoms with van der Waals surface area (Å²) in [5.74, 6) is -0.274. The summed E-state index contributed by atoms with van der Waals surface area (Å²) in [5, 5.41) is 13.6. The Labute approximate surface area is 161 Å². The van der Waals surface area contributed by atoms with Crippen LogP contribution in [0.25, 0.3) is 0 Å². The number of carbonyl (C=O) groups excluding carboxylic acids is 1. The van der Waals surface area contributed by atoms with Crippen molar-refractivity contribution < 1.29 is 19.4 Å². The number of rotatable bonds is 11. The van der Waals surface area contributed by atoms with Crippen LogP contribution in [0.1, 0.15) is 18.1 Å². The molecule has 0 amide bonds. The normalized spacial score (nSPS) is 17.5. The van der Waals surface area contributed by atoms with Gasteiger partial charge in [0.2, 0.25) is 0 Å². The molecule has 2 rings (SSSR count). The lowest BCUT2D eigenvalue weighted by Gasteiger charge is -2.24. The number of aliphatic hydroxyl groups excluding tert-OH is 1. The number of allylic oxidation sites excluding steroid dienone is 1. The lowest BCUT2D eigenvalue weighted by Crippen LogP contribution is -2.30. The largest absolute Gasteiger partial charge is 0.383 e. The van der Waals surface area contributed by atoms with E-state index in [-0.39, 0.29) is 11.8 Å². The number of hydrogen-bond acceptors (Lipinski definition) is 6. The Morgan fingerprint density at radius 2 is 1.85 bits per heavy atom. The summed E-state index contributed by atoms with van der Waals surface area (Å²) >= 11 is 0. The van der Waals surface area contributed by atoms with Crippen LogP contribution in [0.5, 0.6) is 0 Å². The van der Waals surface area contributed by atoms with E-state index in [1.807, 2.05) is 31.3 Å². The summed E-state index contributed by atoms with van der Waals surface area (Å²) in [6.45, 7) is 2.71. The first-order valence-corrected chi connectivity index (χ1v) is 9.21. The first-order valence-electron chi connectivity index (χ1n) is 9.21. The Bertz CT molecular complexity index is 647. The first kappa shape index (κ1) is 21.3. The van der Waals surface area contributed by atoms with Gasteiger partial charge in [0.1, 0.15) is 6.10 Å². The smallest absolute Gasteiger partial charge is 0.195 e. The summed E-state index contributed by atoms with van der Waals surface area (Å²) in [7, 11) is 5.23. The lowest BCUT2D eigenvalue weighted by molar-refractivity contribution is -0.123. The van der Waals surface area contributed by atoms with E-state index >= 15 is 0 Å². The van der Waals surface area contributed by atoms with Crippen LogP contribution in [-0.4, -0.2) is 64.5 Å². The maximum Gasteiger partial charge on any atom is 0.195 e. The van der Waals surface area contributed by atoms with Crippen molar-refractivity contribution in [3.05, 3.63) is 53.6 Å². The number of nitrogens with one attached hydrogen (secondary N) is 1. The van der Waals surface area contributed by atoms with Gasteiger partial charge in [0.25, 0.3) is 0 Å². The minimum absolute atomic E-state index is 0.239. The van der Waals surface area contributed by atoms with Gasteiger partial charge >= 0.3 is 0 Å². The second-order valence-electron chi connectivity index (χ2n) is 6.48. The number of hydrogen-bond donors (Lipinski definition) is 2. The van der Waals surface area contributed by atoms with Crippen LogP contribution >= 0.6 is 0 Å². The van der Waals surface area contributed by atoms with Crippen molar-refractivity contribution in [2.75, 3.05) is 52.5 Å². The maximum absolute atomic E-state index is 12.6. The van der Waals surface area contributed by atoms with Crippen molar-refractivity contribution >= 4 is 11.5 Å². The Morgan fingerprint density at radius 3 is 2.33 bits per heavy atom. The zero-order valence-electron chi connectivity index (χ0n) is 16.4. The minimum Gasteiger partial charge on any atom is -0.383 e. The molecule has 0 radical (unpaired) electrons. The van der Waals surface area contributed by atoms with E-state index in [2.05, 4.69) is 10.2 Å². The third-order valence-electron chi connectivity index (χ3n) is 4.71. The predicted molar refractivity (Wildman–Crippen MR) is 107 cm³/mol. The quantitative estimate of drug-likeness (QED) is 0.616. The fourth-order valence-electron chi connectivity index (χ4n) is 2.97. The van der Waals surface area contributed by atoms with Gasteiger partial charge in [-0.25, -0.2) is 0 Å². The van der Waals surface area contributed by atoms with Gasteiger partial charge in [-0.15, -0.1) is 0 Å². The van der Waals surface area contributed by atoms with Gasteiger partial charge in [0.15, 0.2) is 5.78 Å². The number of aliphatic hydroxyl groups is 1. The van der Waals surface area contributed by atoms with Crippen molar-refractivity contribution in [2.45, 2.75) is 18.6 Å². The molecule has 1 aromatic rings. The molecular weight excluding hydrogens is 344 g/mol. The van der Waals surface area contributed by atoms with Gasteiger partial charge in [-0.3, -0.25) is 4.79 Å². The molecule has 2 atom stereocenters. The molecule has 1 aliphatic carbocycles. The highest BCUT2D eigenvalue weighted by atomic mass is 16.5. The van der Waals surface area contributed by atoms with Gasteiger partial charge < -0.3 is 24.8 Å². The molecule has 0 spiro atoms. The number of Topliss-reactive ketones (excluding diaryl/α,β-unsaturated/α-hetero) is 1. The second-order valence-corrected chi connectivity index (χ2v) is 6.48. The Kier molecular flexibility index (Phi) is 8.67. The number of benzene rings is 1. The van der Waals surface area contributed by atoms with E-state index in [0.717, 1.165) is 25.2 Å². The number of likely N-dealkylation sites (N-methyl/N-ethyl adjacent to an activating group) is 1. The van der Waals surface area contributed by atoms with E-state index in [0.29, 0.717) is 24.4 Å². The van der Waals surface area contributed by atoms with Gasteiger partial charge in [-0.05, 0) is 31.2 Å². The van der Waals surface area contributed by atoms with E-state index < -0.39 is 6.10 Å². The monoisotopic (exact) mass is 374 g/mol. The van der Waals surface area contributed by atoms with Gasteiger partial charge in [0.05, 0.1) is 13.2 Å². The van der Waals surface area contributed by atoms with Crippen molar-refractivity contribution in [3.63, 3.8) is 0 Å². The topological polar surface area (TPSA) is 71.0 Å². The molecule has 0 aliphatic heterocycles. The molecule has 27 heavy (non-hydrogen) atoms. The van der Waals surface area contributed by atoms with Crippen LogP contribution in [0.2, 0.25) is 0 Å². The van der Waals surface area contributed by atoms with Crippen molar-refractivity contribution in [2.24, 2.45) is 0 Å². The van der Waals surface area contributed by atoms with Crippen LogP contribution in [0.15, 0.2) is 48.1 Å². The Hall–Kier alpha value is -1.99. The maximum atomic E-state index is 12.6. The molecule has 0 saturated carbocycles. The molecule has 148 valence electrons. The van der Waals surface area contributed by atoms with Crippen molar-refractivity contribution in [1.82, 2.24) is 5.32 Å². The number of carbonyl (C=O) groups is 1. The van der Waals surface area contributed by atoms with E-state index in [4.69, 9.17) is 9.47 Å². The number of ether oxygens (including phenoxy) is 2. The summed E-state index contributed by atoms with van der Waals surface area (Å²) in [5.41, 5.74) is 2.15. The average molecular weight is 374 g/mol. The summed E-state index contributed by atoms with van der Waals surface area (Å²) in [6, 6.07) is 7.67. The number of ketones is 1. The highest BCUT2D eigenvalue weighted by molar-refractivity contribution is 6.01. The molecule has 1 aromatic carbocycles. The molecule has 6 heteroatoms. The fraction of sp³-hybridized carbons (Fsp3) is 0.476. The molecule has 0 saturated heterocycles. The number of nitrogens with zero attached hydrogens (tertiary/aromatic N) is 1. The molecule has 0 fully saturated rings. The molecule has 2 unspecified atom stereocenters. The molecule has 2 N–H and O–H groups in total. The van der Waals surface area contributed by atoms with E-state index in [1.54, 1.807) is 32.4 Å². The predicted octanol–water partition coefficient (Wildman–Crippen LogP) is 1.86. The summed E-state index contributed by atoms with van der Waals surface area (Å²) < 4.78 is 10.3. The molecule has 6 nitrogen and oxygen atoms in total. The minimum atomic E-state index is -1.16. The highest BCUT2D eigenvalue weighted by Crippen LogP contribution is 2.24. The molecular formula is C21H30N2O4. The third kappa shape index (κ3) is 6.01. The fourth-order valence-corrected chi connectivity index (χ4v) is 2.97. The molecule has 1 aliphatic rings. The van der Waals surface area contributed by atoms with Crippen LogP contribution in [0.4, 0.5) is 5.69 Å². The van der Waals surface area contributed by atoms with Crippen LogP contribution in [-0.2, 0) is 14.3 Å². The molecule has 0 bridgehead atoms. The lowest BCUT2D eigenvalue weighted by atomic mass is 9.94. The van der Waals surface area contributed by atoms with Crippen LogP contribution < -0.4 is 10.2 Å². The second kappa shape index (κ2) is 11.0. The first-order chi connectivity index (χ1) is 13.1.